The molecule has 0 aliphatic carbocycles. The van der Waals surface area contributed by atoms with E-state index in [0.717, 1.165) is 29.3 Å². The number of benzene rings is 2. The second kappa shape index (κ2) is 10.0. The van der Waals surface area contributed by atoms with E-state index in [1.807, 2.05) is 6.92 Å². The second-order valence-corrected chi connectivity index (χ2v) is 6.91. The summed E-state index contributed by atoms with van der Waals surface area (Å²) in [5.74, 6) is 0.390. The van der Waals surface area contributed by atoms with Crippen LogP contribution < -0.4 is 20.1 Å². The quantitative estimate of drug-likeness (QED) is 0.550. The molecule has 2 aromatic carbocycles. The van der Waals surface area contributed by atoms with E-state index in [-0.39, 0.29) is 23.9 Å². The Bertz CT molecular complexity index is 1170. The van der Waals surface area contributed by atoms with E-state index in [1.54, 1.807) is 24.3 Å². The highest BCUT2D eigenvalue weighted by molar-refractivity contribution is 5.92. The fourth-order valence-electron chi connectivity index (χ4n) is 2.84. The molecule has 0 fully saturated rings. The van der Waals surface area contributed by atoms with Crippen LogP contribution in [0.15, 0.2) is 60.8 Å². The van der Waals surface area contributed by atoms with Crippen LogP contribution in [0.5, 0.6) is 17.2 Å². The van der Waals surface area contributed by atoms with E-state index in [9.17, 15) is 22.8 Å². The van der Waals surface area contributed by atoms with Crippen LogP contribution in [0.1, 0.15) is 27.2 Å². The van der Waals surface area contributed by atoms with Crippen LogP contribution in [0.4, 0.5) is 18.0 Å². The van der Waals surface area contributed by atoms with E-state index in [0.29, 0.717) is 11.5 Å². The first-order valence-corrected chi connectivity index (χ1v) is 9.74. The Hall–Kier alpha value is -4.08. The monoisotopic (exact) mass is 459 g/mol. The highest BCUT2D eigenvalue weighted by Crippen LogP contribution is 2.31. The van der Waals surface area contributed by atoms with Gasteiger partial charge in [-0.15, -0.1) is 0 Å². The fraction of sp³-hybridized carbons (Fsp3) is 0.174. The third-order valence-corrected chi connectivity index (χ3v) is 4.54. The van der Waals surface area contributed by atoms with Gasteiger partial charge in [0.1, 0.15) is 22.9 Å². The molecule has 10 heteroatoms. The molecule has 0 atom stereocenters. The topological polar surface area (TPSA) is 89.6 Å². The predicted molar refractivity (Wildman–Crippen MR) is 113 cm³/mol. The molecule has 33 heavy (non-hydrogen) atoms. The maximum atomic E-state index is 12.8. The number of amides is 2. The normalized spacial score (nSPS) is 10.9. The Morgan fingerprint density at radius 1 is 1.00 bits per heavy atom. The number of carbonyl (C=O) groups is 2. The summed E-state index contributed by atoms with van der Waals surface area (Å²) >= 11 is 0. The summed E-state index contributed by atoms with van der Waals surface area (Å²) < 4.78 is 49.0. The number of nitrogens with one attached hydrogen (secondary N) is 2. The predicted octanol–water partition coefficient (Wildman–Crippen LogP) is 4.85. The molecule has 3 rings (SSSR count). The summed E-state index contributed by atoms with van der Waals surface area (Å²) in [6.45, 7) is 1.91. The van der Waals surface area contributed by atoms with Crippen molar-refractivity contribution in [2.45, 2.75) is 19.6 Å². The van der Waals surface area contributed by atoms with Gasteiger partial charge in [-0.2, -0.15) is 13.2 Å². The van der Waals surface area contributed by atoms with Crippen molar-refractivity contribution >= 4 is 12.0 Å². The van der Waals surface area contributed by atoms with Gasteiger partial charge < -0.3 is 20.1 Å². The molecule has 172 valence electrons. The first-order chi connectivity index (χ1) is 15.7. The zero-order valence-corrected chi connectivity index (χ0v) is 17.7. The minimum atomic E-state index is -4.53. The Labute approximate surface area is 187 Å². The summed E-state index contributed by atoms with van der Waals surface area (Å²) in [6, 6.07) is 12.4. The number of hydrogen-bond donors (Lipinski definition) is 2. The molecule has 0 aliphatic rings. The van der Waals surface area contributed by atoms with Crippen molar-refractivity contribution in [3.8, 4) is 17.2 Å². The van der Waals surface area contributed by atoms with Crippen molar-refractivity contribution in [3.63, 3.8) is 0 Å². The molecule has 1 aromatic heterocycles. The Morgan fingerprint density at radius 2 is 1.76 bits per heavy atom. The van der Waals surface area contributed by atoms with Gasteiger partial charge in [0.25, 0.3) is 5.91 Å². The largest absolute Gasteiger partial charge is 0.457 e. The van der Waals surface area contributed by atoms with Crippen LogP contribution in [-0.4, -0.2) is 24.0 Å². The van der Waals surface area contributed by atoms with Gasteiger partial charge in [-0.25, -0.2) is 4.79 Å². The van der Waals surface area contributed by atoms with Crippen molar-refractivity contribution in [2.24, 2.45) is 0 Å². The maximum Gasteiger partial charge on any atom is 0.416 e. The number of rotatable bonds is 6. The second-order valence-electron chi connectivity index (χ2n) is 6.91. The van der Waals surface area contributed by atoms with E-state index < -0.39 is 17.8 Å². The molecular weight excluding hydrogens is 439 g/mol. The van der Waals surface area contributed by atoms with Crippen molar-refractivity contribution < 1.29 is 32.2 Å². The van der Waals surface area contributed by atoms with Crippen molar-refractivity contribution in [1.29, 1.82) is 0 Å². The van der Waals surface area contributed by atoms with Gasteiger partial charge >= 0.3 is 12.3 Å². The molecule has 2 amide bonds. The third-order valence-electron chi connectivity index (χ3n) is 4.54. The Kier molecular flexibility index (Phi) is 7.17. The number of alkyl halides is 3. The van der Waals surface area contributed by atoms with Gasteiger partial charge in [-0.3, -0.25) is 9.78 Å². The van der Waals surface area contributed by atoms with E-state index >= 15 is 0 Å². The maximum absolute atomic E-state index is 12.8. The molecule has 2 N–H and O–H groups in total. The summed E-state index contributed by atoms with van der Waals surface area (Å²) in [6.07, 6.45) is -3.95. The minimum Gasteiger partial charge on any atom is -0.457 e. The summed E-state index contributed by atoms with van der Waals surface area (Å²) in [4.78, 5) is 27.7. The van der Waals surface area contributed by atoms with Gasteiger partial charge in [0.05, 0.1) is 5.56 Å². The summed E-state index contributed by atoms with van der Waals surface area (Å²) in [5.41, 5.74) is 0.860. The number of hydrogen-bond acceptors (Lipinski definition) is 5. The zero-order valence-electron chi connectivity index (χ0n) is 17.7. The first kappa shape index (κ1) is 23.6. The molecular formula is C23H20F3N3O4. The first-order valence-electron chi connectivity index (χ1n) is 9.74. The Morgan fingerprint density at radius 3 is 2.45 bits per heavy atom. The zero-order chi connectivity index (χ0) is 24.0. The average Bonchev–Trinajstić information content (AvgIpc) is 2.78. The van der Waals surface area contributed by atoms with Crippen LogP contribution in [0, 0.1) is 6.92 Å². The number of aromatic nitrogens is 1. The Balaban J connectivity index is 1.60. The number of ether oxygens (including phenoxy) is 2. The van der Waals surface area contributed by atoms with Crippen LogP contribution in [0.2, 0.25) is 0 Å². The number of pyridine rings is 1. The van der Waals surface area contributed by atoms with Crippen LogP contribution in [0.3, 0.4) is 0 Å². The molecule has 0 unspecified atom stereocenters. The van der Waals surface area contributed by atoms with Gasteiger partial charge in [-0.1, -0.05) is 12.1 Å². The SMILES string of the molecule is CNC(=O)c1cc(Oc2ccc(CNC(=O)Oc3cccc(C(F)(F)F)c3)c(C)c2)ccn1. The molecule has 3 aromatic rings. The number of halogens is 3. The number of aryl methyl sites for hydroxylation is 1. The number of nitrogens with zero attached hydrogens (tertiary/aromatic N) is 1. The number of carbonyl (C=O) groups excluding carboxylic acids is 2. The highest BCUT2D eigenvalue weighted by atomic mass is 19.4. The average molecular weight is 459 g/mol. The molecule has 0 bridgehead atoms. The van der Waals surface area contributed by atoms with E-state index in [1.165, 1.54) is 25.4 Å². The molecule has 0 spiro atoms. The van der Waals surface area contributed by atoms with Gasteiger partial charge in [-0.05, 0) is 54.4 Å². The lowest BCUT2D eigenvalue weighted by atomic mass is 10.1. The molecule has 0 saturated heterocycles. The highest BCUT2D eigenvalue weighted by Gasteiger charge is 2.30. The standard InChI is InChI=1S/C23H20F3N3O4/c1-14-10-18(32-19-8-9-28-20(12-19)21(30)27-2)7-6-15(14)13-29-22(31)33-17-5-3-4-16(11-17)23(24,25)26/h3-12H,13H2,1-2H3,(H,27,30)(H,29,31). The summed E-state index contributed by atoms with van der Waals surface area (Å²) in [5, 5.41) is 4.99. The van der Waals surface area contributed by atoms with Crippen LogP contribution in [-0.2, 0) is 12.7 Å². The minimum absolute atomic E-state index is 0.0972. The van der Waals surface area contributed by atoms with Gasteiger partial charge in [0, 0.05) is 25.9 Å². The smallest absolute Gasteiger partial charge is 0.416 e. The third kappa shape index (κ3) is 6.45. The molecule has 0 saturated carbocycles. The van der Waals surface area contributed by atoms with Gasteiger partial charge in [0.2, 0.25) is 0 Å². The van der Waals surface area contributed by atoms with Crippen molar-refractivity contribution in [2.75, 3.05) is 7.05 Å². The van der Waals surface area contributed by atoms with E-state index in [2.05, 4.69) is 15.6 Å². The molecule has 7 nitrogen and oxygen atoms in total. The molecule has 1 heterocycles. The van der Waals surface area contributed by atoms with Crippen molar-refractivity contribution in [3.05, 3.63) is 83.2 Å². The fourth-order valence-corrected chi connectivity index (χ4v) is 2.84. The molecule has 0 aliphatic heterocycles. The van der Waals surface area contributed by atoms with Crippen LogP contribution >= 0.6 is 0 Å². The van der Waals surface area contributed by atoms with Gasteiger partial charge in [0.15, 0.2) is 0 Å². The molecule has 0 radical (unpaired) electrons. The lowest BCUT2D eigenvalue weighted by Gasteiger charge is -2.12. The van der Waals surface area contributed by atoms with E-state index in [4.69, 9.17) is 9.47 Å². The summed E-state index contributed by atoms with van der Waals surface area (Å²) in [7, 11) is 1.50. The lowest BCUT2D eigenvalue weighted by molar-refractivity contribution is -0.137. The van der Waals surface area contributed by atoms with Crippen molar-refractivity contribution in [1.82, 2.24) is 15.6 Å². The lowest BCUT2D eigenvalue weighted by Crippen LogP contribution is -2.26. The van der Waals surface area contributed by atoms with Crippen LogP contribution in [0.25, 0.3) is 0 Å².